The monoisotopic (exact) mass is 313 g/mol. The Morgan fingerprint density at radius 1 is 1.35 bits per heavy atom. The van der Waals surface area contributed by atoms with Crippen LogP contribution in [0.1, 0.15) is 41.4 Å². The number of aromatic nitrogens is 2. The molecule has 1 fully saturated rings. The van der Waals surface area contributed by atoms with Crippen molar-refractivity contribution in [3.63, 3.8) is 0 Å². The average molecular weight is 313 g/mol. The summed E-state index contributed by atoms with van der Waals surface area (Å²) in [6.45, 7) is 3.87. The lowest BCUT2D eigenvalue weighted by molar-refractivity contribution is -0.121. The molecule has 1 atom stereocenters. The van der Waals surface area contributed by atoms with E-state index < -0.39 is 0 Å². The van der Waals surface area contributed by atoms with Gasteiger partial charge in [0.2, 0.25) is 5.91 Å². The minimum absolute atomic E-state index is 0.0466. The summed E-state index contributed by atoms with van der Waals surface area (Å²) in [5, 5.41) is 10.3. The second-order valence-corrected chi connectivity index (χ2v) is 6.25. The number of rotatable bonds is 6. The van der Waals surface area contributed by atoms with Gasteiger partial charge in [-0.3, -0.25) is 9.89 Å². The normalized spacial score (nSPS) is 15.3. The maximum Gasteiger partial charge on any atom is 0.225 e. The van der Waals surface area contributed by atoms with Crippen LogP contribution >= 0.6 is 0 Å². The molecule has 0 aliphatic heterocycles. The maximum atomic E-state index is 12.5. The van der Waals surface area contributed by atoms with Gasteiger partial charge < -0.3 is 10.1 Å². The lowest BCUT2D eigenvalue weighted by Gasteiger charge is -2.19. The molecule has 3 rings (SSSR count). The summed E-state index contributed by atoms with van der Waals surface area (Å²) in [4.78, 5) is 12.5. The van der Waals surface area contributed by atoms with Crippen molar-refractivity contribution in [1.29, 1.82) is 0 Å². The van der Waals surface area contributed by atoms with Crippen LogP contribution in [0.25, 0.3) is 0 Å². The van der Waals surface area contributed by atoms with Gasteiger partial charge in [0.25, 0.3) is 0 Å². The van der Waals surface area contributed by atoms with Gasteiger partial charge in [0, 0.05) is 11.3 Å². The van der Waals surface area contributed by atoms with E-state index in [1.165, 1.54) is 12.8 Å². The Balaban J connectivity index is 1.70. The quantitative estimate of drug-likeness (QED) is 0.862. The number of hydrogen-bond acceptors (Lipinski definition) is 3. The summed E-state index contributed by atoms with van der Waals surface area (Å²) >= 11 is 0. The van der Waals surface area contributed by atoms with E-state index in [0.717, 1.165) is 28.3 Å². The molecule has 1 heterocycles. The van der Waals surface area contributed by atoms with Crippen LogP contribution in [0.5, 0.6) is 5.75 Å². The third kappa shape index (κ3) is 3.55. The van der Waals surface area contributed by atoms with Crippen LogP contribution in [0.2, 0.25) is 0 Å². The van der Waals surface area contributed by atoms with Crippen LogP contribution in [0.3, 0.4) is 0 Å². The van der Waals surface area contributed by atoms with Crippen molar-refractivity contribution >= 4 is 5.91 Å². The Bertz CT molecular complexity index is 667. The van der Waals surface area contributed by atoms with Crippen LogP contribution < -0.4 is 10.1 Å². The number of methoxy groups -OCH3 is 1. The van der Waals surface area contributed by atoms with Gasteiger partial charge in [-0.25, -0.2) is 0 Å². The molecule has 0 saturated heterocycles. The molecule has 1 unspecified atom stereocenters. The van der Waals surface area contributed by atoms with E-state index in [1.54, 1.807) is 7.11 Å². The van der Waals surface area contributed by atoms with E-state index in [2.05, 4.69) is 15.5 Å². The first-order valence-electron chi connectivity index (χ1n) is 8.02. The number of aromatic amines is 1. The Morgan fingerprint density at radius 2 is 2.04 bits per heavy atom. The van der Waals surface area contributed by atoms with Crippen molar-refractivity contribution in [2.24, 2.45) is 5.92 Å². The molecule has 1 saturated carbocycles. The molecule has 0 spiro atoms. The van der Waals surface area contributed by atoms with E-state index in [9.17, 15) is 4.79 Å². The molecule has 0 radical (unpaired) electrons. The van der Waals surface area contributed by atoms with Gasteiger partial charge in [-0.2, -0.15) is 5.10 Å². The van der Waals surface area contributed by atoms with E-state index in [1.807, 2.05) is 38.1 Å². The number of nitrogens with zero attached hydrogens (tertiary/aromatic N) is 1. The lowest BCUT2D eigenvalue weighted by atomic mass is 10.0. The van der Waals surface area contributed by atoms with E-state index in [0.29, 0.717) is 12.3 Å². The molecule has 2 N–H and O–H groups in total. The first-order chi connectivity index (χ1) is 11.1. The van der Waals surface area contributed by atoms with Gasteiger partial charge in [-0.05, 0) is 50.3 Å². The minimum Gasteiger partial charge on any atom is -0.497 e. The molecule has 1 aromatic heterocycles. The molecule has 1 aromatic carbocycles. The van der Waals surface area contributed by atoms with E-state index in [-0.39, 0.29) is 11.9 Å². The van der Waals surface area contributed by atoms with Crippen LogP contribution in [-0.2, 0) is 11.2 Å². The van der Waals surface area contributed by atoms with Gasteiger partial charge in [-0.1, -0.05) is 12.1 Å². The zero-order valence-electron chi connectivity index (χ0n) is 13.8. The first-order valence-corrected chi connectivity index (χ1v) is 8.02. The third-order valence-electron chi connectivity index (χ3n) is 4.50. The molecule has 1 aliphatic rings. The third-order valence-corrected chi connectivity index (χ3v) is 4.50. The molecule has 2 aromatic rings. The summed E-state index contributed by atoms with van der Waals surface area (Å²) in [6.07, 6.45) is 2.70. The van der Waals surface area contributed by atoms with Crippen molar-refractivity contribution in [2.75, 3.05) is 7.11 Å². The minimum atomic E-state index is 0.0466. The molecule has 1 amide bonds. The number of carbonyl (C=O) groups is 1. The second-order valence-electron chi connectivity index (χ2n) is 6.25. The Hall–Kier alpha value is -2.30. The van der Waals surface area contributed by atoms with Crippen LogP contribution in [0, 0.1) is 19.8 Å². The topological polar surface area (TPSA) is 67.0 Å². The van der Waals surface area contributed by atoms with Gasteiger partial charge in [0.05, 0.1) is 25.3 Å². The largest absolute Gasteiger partial charge is 0.497 e. The number of carbonyl (C=O) groups excluding carboxylic acids is 1. The molecule has 0 bridgehead atoms. The highest BCUT2D eigenvalue weighted by molar-refractivity contribution is 5.79. The number of H-pyrrole nitrogens is 1. The zero-order valence-corrected chi connectivity index (χ0v) is 13.8. The highest BCUT2D eigenvalue weighted by atomic mass is 16.5. The number of nitrogens with one attached hydrogen (secondary N) is 2. The number of amides is 1. The number of benzene rings is 1. The summed E-state index contributed by atoms with van der Waals surface area (Å²) in [5.41, 5.74) is 3.99. The van der Waals surface area contributed by atoms with Gasteiger partial charge in [0.15, 0.2) is 0 Å². The predicted molar refractivity (Wildman–Crippen MR) is 88.4 cm³/mol. The summed E-state index contributed by atoms with van der Waals surface area (Å²) in [7, 11) is 1.66. The Labute approximate surface area is 136 Å². The fourth-order valence-corrected chi connectivity index (χ4v) is 2.93. The van der Waals surface area contributed by atoms with Crippen molar-refractivity contribution < 1.29 is 9.53 Å². The smallest absolute Gasteiger partial charge is 0.225 e. The molecule has 1 aliphatic carbocycles. The maximum absolute atomic E-state index is 12.5. The highest BCUT2D eigenvalue weighted by Crippen LogP contribution is 2.41. The van der Waals surface area contributed by atoms with Crippen LogP contribution in [0.15, 0.2) is 24.3 Å². The van der Waals surface area contributed by atoms with E-state index >= 15 is 0 Å². The van der Waals surface area contributed by atoms with Crippen molar-refractivity contribution in [1.82, 2.24) is 15.5 Å². The first kappa shape index (κ1) is 15.6. The molecule has 5 heteroatoms. The number of hydrogen-bond donors (Lipinski definition) is 2. The summed E-state index contributed by atoms with van der Waals surface area (Å²) in [5.74, 6) is 1.42. The van der Waals surface area contributed by atoms with Crippen molar-refractivity contribution in [2.45, 2.75) is 39.2 Å². The SMILES string of the molecule is COc1ccc(C(NC(=O)Cc2c(C)n[nH]c2C)C2CC2)cc1. The molecule has 5 nitrogen and oxygen atoms in total. The van der Waals surface area contributed by atoms with Gasteiger partial charge in [-0.15, -0.1) is 0 Å². The summed E-state index contributed by atoms with van der Waals surface area (Å²) in [6, 6.07) is 8.05. The van der Waals surface area contributed by atoms with Crippen molar-refractivity contribution in [3.05, 3.63) is 46.8 Å². The van der Waals surface area contributed by atoms with Gasteiger partial charge >= 0.3 is 0 Å². The molecule has 23 heavy (non-hydrogen) atoms. The number of aryl methyl sites for hydroxylation is 2. The Morgan fingerprint density at radius 3 is 2.57 bits per heavy atom. The number of ether oxygens (including phenoxy) is 1. The summed E-state index contributed by atoms with van der Waals surface area (Å²) < 4.78 is 5.20. The van der Waals surface area contributed by atoms with Crippen LogP contribution in [0.4, 0.5) is 0 Å². The molecular weight excluding hydrogens is 290 g/mol. The lowest BCUT2D eigenvalue weighted by Crippen LogP contribution is -2.31. The fraction of sp³-hybridized carbons (Fsp3) is 0.444. The Kier molecular flexibility index (Phi) is 4.37. The second kappa shape index (κ2) is 6.44. The van der Waals surface area contributed by atoms with E-state index in [4.69, 9.17) is 4.74 Å². The molecular formula is C18H23N3O2. The average Bonchev–Trinajstić information content (AvgIpc) is 3.35. The molecule has 122 valence electrons. The fourth-order valence-electron chi connectivity index (χ4n) is 2.93. The van der Waals surface area contributed by atoms with Crippen LogP contribution in [-0.4, -0.2) is 23.2 Å². The highest BCUT2D eigenvalue weighted by Gasteiger charge is 2.33. The standard InChI is InChI=1S/C18H23N3O2/c1-11-16(12(2)21-20-11)10-17(22)19-18(13-4-5-13)14-6-8-15(23-3)9-7-14/h6-9,13,18H,4-5,10H2,1-3H3,(H,19,22)(H,20,21). The van der Waals surface area contributed by atoms with Gasteiger partial charge in [0.1, 0.15) is 5.75 Å². The predicted octanol–water partition coefficient (Wildman–Crippen LogP) is 2.85. The van der Waals surface area contributed by atoms with Crippen molar-refractivity contribution in [3.8, 4) is 5.75 Å². The zero-order chi connectivity index (χ0) is 16.4.